The van der Waals surface area contributed by atoms with Crippen LogP contribution in [0, 0.1) is 0 Å². The minimum absolute atomic E-state index is 0.0186. The largest absolute Gasteiger partial charge is 0.497 e. The van der Waals surface area contributed by atoms with Crippen LogP contribution in [0.15, 0.2) is 59.5 Å². The van der Waals surface area contributed by atoms with Crippen LogP contribution in [-0.2, 0) is 20.7 Å². The molecule has 0 aromatic heterocycles. The fourth-order valence-corrected chi connectivity index (χ4v) is 3.11. The van der Waals surface area contributed by atoms with Crippen LogP contribution in [0.1, 0.15) is 18.9 Å². The van der Waals surface area contributed by atoms with Gasteiger partial charge in [0.05, 0.1) is 12.9 Å². The van der Waals surface area contributed by atoms with Crippen molar-refractivity contribution in [3.8, 4) is 5.75 Å². The van der Waals surface area contributed by atoms with Gasteiger partial charge in [-0.05, 0) is 49.6 Å². The third kappa shape index (κ3) is 8.17. The number of amides is 1. The average Bonchev–Trinajstić information content (AvgIpc) is 2.70. The Balaban J connectivity index is 1.61. The molecule has 6 heteroatoms. The topological polar surface area (TPSA) is 64.6 Å². The number of thioether (sulfide) groups is 1. The summed E-state index contributed by atoms with van der Waals surface area (Å²) in [5.74, 6) is 0.227. The predicted molar refractivity (Wildman–Crippen MR) is 107 cm³/mol. The van der Waals surface area contributed by atoms with Gasteiger partial charge < -0.3 is 14.8 Å². The van der Waals surface area contributed by atoms with E-state index in [4.69, 9.17) is 9.47 Å². The minimum atomic E-state index is -0.414. The number of methoxy groups -OCH3 is 1. The van der Waals surface area contributed by atoms with Gasteiger partial charge in [0.2, 0.25) is 0 Å². The molecule has 144 valence electrons. The first-order valence-electron chi connectivity index (χ1n) is 8.82. The maximum Gasteiger partial charge on any atom is 0.316 e. The zero-order valence-corrected chi connectivity index (χ0v) is 16.5. The Morgan fingerprint density at radius 2 is 1.78 bits per heavy atom. The molecule has 0 spiro atoms. The van der Waals surface area contributed by atoms with E-state index in [0.29, 0.717) is 0 Å². The lowest BCUT2D eigenvalue weighted by Crippen LogP contribution is -2.36. The van der Waals surface area contributed by atoms with Crippen LogP contribution in [0.5, 0.6) is 5.75 Å². The summed E-state index contributed by atoms with van der Waals surface area (Å²) in [6, 6.07) is 17.5. The SMILES string of the molecule is COc1ccc(SCC(=O)OCC(=O)N[C@H](C)CCc2ccccc2)cc1. The highest BCUT2D eigenvalue weighted by atomic mass is 32.2. The van der Waals surface area contributed by atoms with Crippen LogP contribution in [0.25, 0.3) is 0 Å². The Bertz CT molecular complexity index is 719. The lowest BCUT2D eigenvalue weighted by Gasteiger charge is -2.14. The van der Waals surface area contributed by atoms with Crippen LogP contribution < -0.4 is 10.1 Å². The summed E-state index contributed by atoms with van der Waals surface area (Å²) in [6.45, 7) is 1.69. The highest BCUT2D eigenvalue weighted by Gasteiger charge is 2.11. The fourth-order valence-electron chi connectivity index (χ4n) is 2.42. The van der Waals surface area contributed by atoms with E-state index in [1.54, 1.807) is 7.11 Å². The molecule has 5 nitrogen and oxygen atoms in total. The molecule has 2 rings (SSSR count). The Hall–Kier alpha value is -2.47. The summed E-state index contributed by atoms with van der Waals surface area (Å²) >= 11 is 1.36. The molecule has 0 bridgehead atoms. The smallest absolute Gasteiger partial charge is 0.316 e. The second-order valence-corrected chi connectivity index (χ2v) is 7.17. The van der Waals surface area contributed by atoms with Crippen molar-refractivity contribution in [1.82, 2.24) is 5.32 Å². The lowest BCUT2D eigenvalue weighted by molar-refractivity contribution is -0.146. The van der Waals surface area contributed by atoms with Gasteiger partial charge in [-0.3, -0.25) is 9.59 Å². The molecule has 2 aromatic rings. The van der Waals surface area contributed by atoms with E-state index in [1.165, 1.54) is 17.3 Å². The van der Waals surface area contributed by atoms with Crippen molar-refractivity contribution in [2.24, 2.45) is 0 Å². The minimum Gasteiger partial charge on any atom is -0.497 e. The van der Waals surface area contributed by atoms with Crippen LogP contribution in [0.2, 0.25) is 0 Å². The molecule has 2 aromatic carbocycles. The number of aryl methyl sites for hydroxylation is 1. The van der Waals surface area contributed by atoms with Crippen molar-refractivity contribution in [1.29, 1.82) is 0 Å². The van der Waals surface area contributed by atoms with Crippen molar-refractivity contribution in [2.75, 3.05) is 19.5 Å². The second kappa shape index (κ2) is 11.3. The van der Waals surface area contributed by atoms with E-state index in [2.05, 4.69) is 17.4 Å². The molecule has 27 heavy (non-hydrogen) atoms. The maximum absolute atomic E-state index is 11.9. The number of esters is 1. The fraction of sp³-hybridized carbons (Fsp3) is 0.333. The van der Waals surface area contributed by atoms with E-state index in [9.17, 15) is 9.59 Å². The van der Waals surface area contributed by atoms with Gasteiger partial charge in [0.1, 0.15) is 5.75 Å². The van der Waals surface area contributed by atoms with E-state index < -0.39 is 5.97 Å². The summed E-state index contributed by atoms with van der Waals surface area (Å²) in [4.78, 5) is 24.6. The molecule has 1 N–H and O–H groups in total. The van der Waals surface area contributed by atoms with Gasteiger partial charge in [-0.25, -0.2) is 0 Å². The molecular formula is C21H25NO4S. The summed E-state index contributed by atoms with van der Waals surface area (Å²) in [7, 11) is 1.60. The third-order valence-corrected chi connectivity index (χ3v) is 4.88. The molecule has 0 aliphatic rings. The zero-order chi connectivity index (χ0) is 19.5. The van der Waals surface area contributed by atoms with Gasteiger partial charge in [0.15, 0.2) is 6.61 Å². The number of benzene rings is 2. The monoisotopic (exact) mass is 387 g/mol. The average molecular weight is 388 g/mol. The van der Waals surface area contributed by atoms with Crippen LogP contribution in [-0.4, -0.2) is 37.4 Å². The number of rotatable bonds is 10. The van der Waals surface area contributed by atoms with E-state index in [-0.39, 0.29) is 24.3 Å². The molecular weight excluding hydrogens is 362 g/mol. The number of ether oxygens (including phenoxy) is 2. The summed E-state index contributed by atoms with van der Waals surface area (Å²) in [5, 5.41) is 2.86. The molecule has 1 atom stereocenters. The van der Waals surface area contributed by atoms with Crippen LogP contribution in [0.3, 0.4) is 0 Å². The zero-order valence-electron chi connectivity index (χ0n) is 15.6. The number of nitrogens with one attached hydrogen (secondary N) is 1. The van der Waals surface area contributed by atoms with Gasteiger partial charge >= 0.3 is 5.97 Å². The summed E-state index contributed by atoms with van der Waals surface area (Å²) < 4.78 is 10.1. The quantitative estimate of drug-likeness (QED) is 0.500. The first-order chi connectivity index (χ1) is 13.1. The Morgan fingerprint density at radius 1 is 1.07 bits per heavy atom. The van der Waals surface area contributed by atoms with Gasteiger partial charge in [-0.2, -0.15) is 0 Å². The molecule has 1 amide bonds. The van der Waals surface area contributed by atoms with Gasteiger partial charge in [0.25, 0.3) is 5.91 Å². The van der Waals surface area contributed by atoms with Gasteiger partial charge in [0, 0.05) is 10.9 Å². The van der Waals surface area contributed by atoms with Crippen molar-refractivity contribution in [3.63, 3.8) is 0 Å². The van der Waals surface area contributed by atoms with Crippen LogP contribution in [0.4, 0.5) is 0 Å². The standard InChI is InChI=1S/C21H25NO4S/c1-16(8-9-17-6-4-3-5-7-17)22-20(23)14-26-21(24)15-27-19-12-10-18(25-2)11-13-19/h3-7,10-13,16H,8-9,14-15H2,1-2H3,(H,22,23)/t16-/m1/s1. The number of carbonyl (C=O) groups excluding carboxylic acids is 2. The molecule has 0 fully saturated rings. The molecule has 0 radical (unpaired) electrons. The van der Waals surface area contributed by atoms with Crippen molar-refractivity contribution >= 4 is 23.6 Å². The van der Waals surface area contributed by atoms with Crippen LogP contribution >= 0.6 is 11.8 Å². The molecule has 0 saturated carbocycles. The molecule has 0 aliphatic heterocycles. The first-order valence-corrected chi connectivity index (χ1v) is 9.81. The molecule has 0 unspecified atom stereocenters. The highest BCUT2D eigenvalue weighted by molar-refractivity contribution is 8.00. The van der Waals surface area contributed by atoms with E-state index in [0.717, 1.165) is 23.5 Å². The Kier molecular flexibility index (Phi) is 8.71. The lowest BCUT2D eigenvalue weighted by atomic mass is 10.1. The Labute approximate surface area is 164 Å². The van der Waals surface area contributed by atoms with E-state index in [1.807, 2.05) is 49.4 Å². The predicted octanol–water partition coefficient (Wildman–Crippen LogP) is 3.47. The number of carbonyl (C=O) groups is 2. The molecule has 0 saturated heterocycles. The maximum atomic E-state index is 11.9. The first kappa shape index (κ1) is 20.8. The number of hydrogen-bond acceptors (Lipinski definition) is 5. The van der Waals surface area contributed by atoms with Crippen molar-refractivity contribution < 1.29 is 19.1 Å². The highest BCUT2D eigenvalue weighted by Crippen LogP contribution is 2.21. The molecule has 0 heterocycles. The van der Waals surface area contributed by atoms with Gasteiger partial charge in [-0.1, -0.05) is 30.3 Å². The Morgan fingerprint density at radius 3 is 2.44 bits per heavy atom. The van der Waals surface area contributed by atoms with Gasteiger partial charge in [-0.15, -0.1) is 11.8 Å². The van der Waals surface area contributed by atoms with Crippen molar-refractivity contribution in [3.05, 3.63) is 60.2 Å². The number of hydrogen-bond donors (Lipinski definition) is 1. The van der Waals surface area contributed by atoms with E-state index >= 15 is 0 Å². The molecule has 0 aliphatic carbocycles. The third-order valence-electron chi connectivity index (χ3n) is 3.90. The summed E-state index contributed by atoms with van der Waals surface area (Å²) in [6.07, 6.45) is 1.72. The second-order valence-electron chi connectivity index (χ2n) is 6.12. The van der Waals surface area contributed by atoms with Crippen molar-refractivity contribution in [2.45, 2.75) is 30.7 Å². The summed E-state index contributed by atoms with van der Waals surface area (Å²) in [5.41, 5.74) is 1.24. The normalized spacial score (nSPS) is 11.5.